The Morgan fingerprint density at radius 3 is 2.40 bits per heavy atom. The van der Waals surface area contributed by atoms with E-state index in [0.717, 1.165) is 24.2 Å². The fourth-order valence-corrected chi connectivity index (χ4v) is 1.90. The number of amides is 1. The van der Waals surface area contributed by atoms with Gasteiger partial charge in [-0.05, 0) is 32.0 Å². The van der Waals surface area contributed by atoms with Crippen molar-refractivity contribution in [1.82, 2.24) is 10.6 Å². The molecule has 1 aromatic carbocycles. The van der Waals surface area contributed by atoms with E-state index in [2.05, 4.69) is 24.1 Å². The molecule has 0 radical (unpaired) electrons. The summed E-state index contributed by atoms with van der Waals surface area (Å²) in [5.41, 5.74) is 2.46. The quantitative estimate of drug-likeness (QED) is 0.835. The highest BCUT2D eigenvalue weighted by Crippen LogP contribution is 2.12. The molecule has 0 aliphatic heterocycles. The molecule has 3 heteroatoms. The van der Waals surface area contributed by atoms with Gasteiger partial charge in [0.2, 0.25) is 0 Å². The second kappa shape index (κ2) is 10.2. The largest absolute Gasteiger partial charge is 0.326 e. The first-order chi connectivity index (χ1) is 9.60. The van der Waals surface area contributed by atoms with Crippen LogP contribution in [0.15, 0.2) is 36.5 Å². The zero-order valence-electron chi connectivity index (χ0n) is 13.4. The Hall–Kier alpha value is -1.61. The lowest BCUT2D eigenvalue weighted by molar-refractivity contribution is 0.0961. The Morgan fingerprint density at radius 1 is 1.30 bits per heavy atom. The molecule has 0 fully saturated rings. The van der Waals surface area contributed by atoms with Gasteiger partial charge in [0.25, 0.3) is 5.91 Å². The molecule has 0 aliphatic rings. The lowest BCUT2D eigenvalue weighted by Gasteiger charge is -2.18. The third kappa shape index (κ3) is 5.57. The van der Waals surface area contributed by atoms with Crippen LogP contribution in [0.4, 0.5) is 0 Å². The fourth-order valence-electron chi connectivity index (χ4n) is 1.90. The van der Waals surface area contributed by atoms with Gasteiger partial charge in [-0.15, -0.1) is 0 Å². The molecule has 0 bridgehead atoms. The maximum Gasteiger partial charge on any atom is 0.255 e. The Labute approximate surface area is 123 Å². The van der Waals surface area contributed by atoms with Crippen LogP contribution in [-0.4, -0.2) is 19.5 Å². The van der Waals surface area contributed by atoms with Crippen molar-refractivity contribution in [2.75, 3.05) is 13.6 Å². The molecule has 1 atom stereocenters. The summed E-state index contributed by atoms with van der Waals surface area (Å²) in [7, 11) is 1.90. The summed E-state index contributed by atoms with van der Waals surface area (Å²) < 4.78 is 0. The molecule has 1 unspecified atom stereocenters. The van der Waals surface area contributed by atoms with E-state index in [-0.39, 0.29) is 11.8 Å². The molecular formula is C17H28N2O. The normalized spacial score (nSPS) is 11.1. The minimum absolute atomic E-state index is 0.0762. The van der Waals surface area contributed by atoms with Crippen molar-refractivity contribution in [3.63, 3.8) is 0 Å². The number of carbonyl (C=O) groups excluding carboxylic acids is 1. The van der Waals surface area contributed by atoms with E-state index in [1.165, 1.54) is 0 Å². The van der Waals surface area contributed by atoms with Crippen LogP contribution in [0.3, 0.4) is 0 Å². The molecular weight excluding hydrogens is 248 g/mol. The first-order valence-corrected chi connectivity index (χ1v) is 7.30. The second-order valence-electron chi connectivity index (χ2n) is 4.46. The maximum atomic E-state index is 12.1. The van der Waals surface area contributed by atoms with E-state index in [1.54, 1.807) is 0 Å². The van der Waals surface area contributed by atoms with E-state index in [0.29, 0.717) is 5.56 Å². The van der Waals surface area contributed by atoms with Gasteiger partial charge in [-0.3, -0.25) is 4.79 Å². The molecule has 3 nitrogen and oxygen atoms in total. The average Bonchev–Trinajstić information content (AvgIpc) is 2.47. The maximum absolute atomic E-state index is 12.1. The van der Waals surface area contributed by atoms with E-state index < -0.39 is 0 Å². The van der Waals surface area contributed by atoms with Crippen molar-refractivity contribution in [2.24, 2.45) is 5.92 Å². The lowest BCUT2D eigenvalue weighted by Crippen LogP contribution is -2.31. The van der Waals surface area contributed by atoms with E-state index in [1.807, 2.05) is 52.1 Å². The van der Waals surface area contributed by atoms with Crippen molar-refractivity contribution in [3.05, 3.63) is 47.7 Å². The number of nitrogens with one attached hydrogen (secondary N) is 2. The van der Waals surface area contributed by atoms with Crippen LogP contribution in [0.5, 0.6) is 0 Å². The number of benzene rings is 1. The smallest absolute Gasteiger partial charge is 0.255 e. The fraction of sp³-hybridized carbons (Fsp3) is 0.471. The van der Waals surface area contributed by atoms with Crippen molar-refractivity contribution < 1.29 is 4.79 Å². The highest BCUT2D eigenvalue weighted by molar-refractivity contribution is 5.96. The summed E-state index contributed by atoms with van der Waals surface area (Å²) in [5.74, 6) is 0.190. The molecule has 0 saturated carbocycles. The predicted octanol–water partition coefficient (Wildman–Crippen LogP) is 3.51. The Bertz CT molecular complexity index is 427. The third-order valence-corrected chi connectivity index (χ3v) is 3.10. The monoisotopic (exact) mass is 276 g/mol. The van der Waals surface area contributed by atoms with Gasteiger partial charge in [-0.2, -0.15) is 0 Å². The van der Waals surface area contributed by atoms with Gasteiger partial charge in [0.1, 0.15) is 0 Å². The van der Waals surface area contributed by atoms with Crippen molar-refractivity contribution >= 4 is 5.91 Å². The Kier molecular flexibility index (Phi) is 9.39. The number of carbonyl (C=O) groups is 1. The van der Waals surface area contributed by atoms with E-state index in [4.69, 9.17) is 0 Å². The molecule has 0 heterocycles. The zero-order chi connectivity index (χ0) is 15.5. The Morgan fingerprint density at radius 2 is 1.90 bits per heavy atom. The number of hydrogen-bond donors (Lipinski definition) is 2. The van der Waals surface area contributed by atoms with E-state index in [9.17, 15) is 4.79 Å². The zero-order valence-corrected chi connectivity index (χ0v) is 13.4. The van der Waals surface area contributed by atoms with Crippen LogP contribution >= 0.6 is 0 Å². The number of rotatable bonds is 6. The first-order valence-electron chi connectivity index (χ1n) is 7.30. The summed E-state index contributed by atoms with van der Waals surface area (Å²) in [5, 5.41) is 6.01. The van der Waals surface area contributed by atoms with Gasteiger partial charge in [-0.25, -0.2) is 0 Å². The molecule has 20 heavy (non-hydrogen) atoms. The predicted molar refractivity (Wildman–Crippen MR) is 86.8 cm³/mol. The summed E-state index contributed by atoms with van der Waals surface area (Å²) >= 11 is 0. The third-order valence-electron chi connectivity index (χ3n) is 3.10. The van der Waals surface area contributed by atoms with Crippen LogP contribution in [0, 0.1) is 12.8 Å². The summed E-state index contributed by atoms with van der Waals surface area (Å²) in [6.45, 7) is 12.8. The Balaban J connectivity index is 0.00000172. The molecule has 1 aromatic rings. The topological polar surface area (TPSA) is 41.1 Å². The van der Waals surface area contributed by atoms with Crippen LogP contribution in [0.2, 0.25) is 0 Å². The lowest BCUT2D eigenvalue weighted by atomic mass is 10.0. The minimum Gasteiger partial charge on any atom is -0.326 e. The van der Waals surface area contributed by atoms with Crippen molar-refractivity contribution in [1.29, 1.82) is 0 Å². The minimum atomic E-state index is -0.0762. The van der Waals surface area contributed by atoms with Crippen molar-refractivity contribution in [3.8, 4) is 0 Å². The summed E-state index contributed by atoms with van der Waals surface area (Å²) in [6, 6.07) is 7.56. The SMILES string of the molecule is C=C(NC(=O)c1ccccc1C)C(CC)CNC.CC. The average molecular weight is 276 g/mol. The highest BCUT2D eigenvalue weighted by atomic mass is 16.1. The van der Waals surface area contributed by atoms with Crippen LogP contribution < -0.4 is 10.6 Å². The first kappa shape index (κ1) is 18.4. The van der Waals surface area contributed by atoms with Gasteiger partial charge in [0.15, 0.2) is 0 Å². The molecule has 112 valence electrons. The van der Waals surface area contributed by atoms with Crippen LogP contribution in [0.25, 0.3) is 0 Å². The molecule has 0 saturated heterocycles. The molecule has 1 amide bonds. The molecule has 1 rings (SSSR count). The summed E-state index contributed by atoms with van der Waals surface area (Å²) in [4.78, 5) is 12.1. The molecule has 2 N–H and O–H groups in total. The molecule has 0 aromatic heterocycles. The highest BCUT2D eigenvalue weighted by Gasteiger charge is 2.14. The number of aryl methyl sites for hydroxylation is 1. The van der Waals surface area contributed by atoms with Gasteiger partial charge in [0, 0.05) is 23.7 Å². The van der Waals surface area contributed by atoms with Gasteiger partial charge in [-0.1, -0.05) is 45.5 Å². The molecule has 0 aliphatic carbocycles. The van der Waals surface area contributed by atoms with Crippen LogP contribution in [-0.2, 0) is 0 Å². The number of hydrogen-bond acceptors (Lipinski definition) is 2. The van der Waals surface area contributed by atoms with Gasteiger partial charge >= 0.3 is 0 Å². The molecule has 0 spiro atoms. The standard InChI is InChI=1S/C15H22N2O.C2H6/c1-5-13(10-16-4)12(3)17-15(18)14-9-7-6-8-11(14)2;1-2/h6-9,13,16H,3,5,10H2,1-2,4H3,(H,17,18);1-2H3. The van der Waals surface area contributed by atoms with Crippen molar-refractivity contribution in [2.45, 2.75) is 34.1 Å². The second-order valence-corrected chi connectivity index (χ2v) is 4.46. The summed E-state index contributed by atoms with van der Waals surface area (Å²) in [6.07, 6.45) is 0.952. The van der Waals surface area contributed by atoms with Gasteiger partial charge < -0.3 is 10.6 Å². The van der Waals surface area contributed by atoms with Gasteiger partial charge in [0.05, 0.1) is 0 Å². The van der Waals surface area contributed by atoms with Crippen LogP contribution in [0.1, 0.15) is 43.1 Å². The van der Waals surface area contributed by atoms with E-state index >= 15 is 0 Å².